The largest absolute Gasteiger partial charge is 0.348 e. The number of nitrogens with one attached hydrogen (secondary N) is 2. The third-order valence-corrected chi connectivity index (χ3v) is 5.08. The molecule has 0 radical (unpaired) electrons. The van der Waals surface area contributed by atoms with Gasteiger partial charge in [-0.2, -0.15) is 0 Å². The van der Waals surface area contributed by atoms with Gasteiger partial charge in [0.1, 0.15) is 0 Å². The summed E-state index contributed by atoms with van der Waals surface area (Å²) < 4.78 is 0. The van der Waals surface area contributed by atoms with Crippen LogP contribution >= 0.6 is 0 Å². The lowest BCUT2D eigenvalue weighted by atomic mass is 9.89. The monoisotopic (exact) mass is 365 g/mol. The summed E-state index contributed by atoms with van der Waals surface area (Å²) in [5, 5.41) is 5.69. The summed E-state index contributed by atoms with van der Waals surface area (Å²) in [6, 6.07) is 15.9. The molecule has 2 aromatic carbocycles. The molecule has 3 rings (SSSR count). The van der Waals surface area contributed by atoms with E-state index < -0.39 is 0 Å². The molecule has 142 valence electrons. The summed E-state index contributed by atoms with van der Waals surface area (Å²) in [7, 11) is 1.66. The first-order chi connectivity index (χ1) is 13.1. The van der Waals surface area contributed by atoms with E-state index in [1.165, 1.54) is 5.56 Å². The van der Waals surface area contributed by atoms with Crippen LogP contribution < -0.4 is 10.6 Å². The summed E-state index contributed by atoms with van der Waals surface area (Å²) >= 11 is 0. The fourth-order valence-electron chi connectivity index (χ4n) is 3.63. The van der Waals surface area contributed by atoms with Crippen molar-refractivity contribution in [3.63, 3.8) is 0 Å². The van der Waals surface area contributed by atoms with Gasteiger partial charge in [0.25, 0.3) is 5.91 Å². The van der Waals surface area contributed by atoms with Gasteiger partial charge in [-0.3, -0.25) is 4.79 Å². The Labute approximate surface area is 160 Å². The number of hydrogen-bond donors (Lipinski definition) is 2. The molecule has 0 saturated carbocycles. The van der Waals surface area contributed by atoms with Gasteiger partial charge in [-0.25, -0.2) is 4.79 Å². The van der Waals surface area contributed by atoms with E-state index in [1.54, 1.807) is 7.05 Å². The lowest BCUT2D eigenvalue weighted by Gasteiger charge is -2.32. The highest BCUT2D eigenvalue weighted by Gasteiger charge is 2.24. The van der Waals surface area contributed by atoms with Crippen LogP contribution in [0.15, 0.2) is 48.5 Å². The Kier molecular flexibility index (Phi) is 6.12. The normalized spacial score (nSPS) is 16.7. The summed E-state index contributed by atoms with van der Waals surface area (Å²) in [5.41, 5.74) is 4.05. The van der Waals surface area contributed by atoms with E-state index >= 15 is 0 Å². The fourth-order valence-corrected chi connectivity index (χ4v) is 3.63. The lowest BCUT2D eigenvalue weighted by Crippen LogP contribution is -2.43. The highest BCUT2D eigenvalue weighted by molar-refractivity contribution is 5.94. The van der Waals surface area contributed by atoms with Crippen molar-refractivity contribution in [1.82, 2.24) is 15.5 Å². The quantitative estimate of drug-likeness (QED) is 0.872. The van der Waals surface area contributed by atoms with E-state index in [1.807, 2.05) is 48.2 Å². The van der Waals surface area contributed by atoms with Crippen molar-refractivity contribution in [2.24, 2.45) is 0 Å². The Morgan fingerprint density at radius 1 is 1.15 bits per heavy atom. The number of likely N-dealkylation sites (tertiary alicyclic amines) is 1. The molecule has 1 saturated heterocycles. The summed E-state index contributed by atoms with van der Waals surface area (Å²) in [4.78, 5) is 26.3. The molecule has 2 N–H and O–H groups in total. The Bertz CT molecular complexity index is 819. The number of aryl methyl sites for hydroxylation is 1. The minimum atomic E-state index is -0.0719. The van der Waals surface area contributed by atoms with Crippen molar-refractivity contribution in [1.29, 1.82) is 0 Å². The van der Waals surface area contributed by atoms with Crippen LogP contribution in [0.4, 0.5) is 4.79 Å². The van der Waals surface area contributed by atoms with Gasteiger partial charge >= 0.3 is 6.03 Å². The third kappa shape index (κ3) is 4.88. The second-order valence-electron chi connectivity index (χ2n) is 7.14. The maximum absolute atomic E-state index is 12.6. The predicted molar refractivity (Wildman–Crippen MR) is 107 cm³/mol. The van der Waals surface area contributed by atoms with Crippen molar-refractivity contribution < 1.29 is 9.59 Å². The summed E-state index contributed by atoms with van der Waals surface area (Å²) in [6.45, 7) is 4.03. The second kappa shape index (κ2) is 8.71. The second-order valence-corrected chi connectivity index (χ2v) is 7.14. The molecule has 2 aromatic rings. The fraction of sp³-hybridized carbons (Fsp3) is 0.364. The van der Waals surface area contributed by atoms with Crippen molar-refractivity contribution >= 4 is 11.9 Å². The maximum atomic E-state index is 12.6. The van der Waals surface area contributed by atoms with Crippen molar-refractivity contribution in [2.45, 2.75) is 32.2 Å². The van der Waals surface area contributed by atoms with Crippen molar-refractivity contribution in [3.8, 4) is 0 Å². The predicted octanol–water partition coefficient (Wildman–Crippen LogP) is 3.44. The Hall–Kier alpha value is -2.82. The number of carbonyl (C=O) groups excluding carboxylic acids is 2. The van der Waals surface area contributed by atoms with Gasteiger partial charge in [-0.1, -0.05) is 42.0 Å². The number of amides is 3. The van der Waals surface area contributed by atoms with Gasteiger partial charge in [0, 0.05) is 38.2 Å². The molecule has 0 aromatic heterocycles. The smallest absolute Gasteiger partial charge is 0.317 e. The average molecular weight is 365 g/mol. The molecule has 0 aliphatic carbocycles. The van der Waals surface area contributed by atoms with Crippen LogP contribution in [0.3, 0.4) is 0 Å². The summed E-state index contributed by atoms with van der Waals surface area (Å²) in [5.74, 6) is 0.192. The Morgan fingerprint density at radius 2 is 1.96 bits per heavy atom. The number of piperidine rings is 1. The molecule has 1 fully saturated rings. The van der Waals surface area contributed by atoms with E-state index in [4.69, 9.17) is 0 Å². The Morgan fingerprint density at radius 3 is 2.74 bits per heavy atom. The molecular formula is C22H27N3O2. The molecule has 0 spiro atoms. The first-order valence-electron chi connectivity index (χ1n) is 9.47. The zero-order valence-corrected chi connectivity index (χ0v) is 16.0. The first-order valence-corrected chi connectivity index (χ1v) is 9.47. The number of urea groups is 1. The van der Waals surface area contributed by atoms with Gasteiger partial charge in [0.15, 0.2) is 0 Å². The number of rotatable bonds is 4. The van der Waals surface area contributed by atoms with Crippen LogP contribution in [-0.4, -0.2) is 37.0 Å². The standard InChI is InChI=1S/C22H27N3O2/c1-16-6-3-7-17(12-16)14-24-21(26)19-9-4-8-18(13-19)20-10-5-11-25(15-20)22(27)23-2/h3-4,6-9,12-13,20H,5,10-11,14-15H2,1-2H3,(H,23,27)(H,24,26)/t20-/m0/s1. The number of carbonyl (C=O) groups is 2. The zero-order valence-electron chi connectivity index (χ0n) is 16.0. The molecule has 1 aliphatic heterocycles. The molecule has 3 amide bonds. The topological polar surface area (TPSA) is 61.4 Å². The number of nitrogens with zero attached hydrogens (tertiary/aromatic N) is 1. The molecule has 1 atom stereocenters. The molecule has 5 nitrogen and oxygen atoms in total. The minimum Gasteiger partial charge on any atom is -0.348 e. The summed E-state index contributed by atoms with van der Waals surface area (Å²) in [6.07, 6.45) is 2.00. The molecule has 5 heteroatoms. The van der Waals surface area contributed by atoms with Crippen LogP contribution in [0, 0.1) is 6.92 Å². The van der Waals surface area contributed by atoms with Crippen LogP contribution in [0.2, 0.25) is 0 Å². The van der Waals surface area contributed by atoms with Crippen LogP contribution in [0.25, 0.3) is 0 Å². The van der Waals surface area contributed by atoms with Gasteiger partial charge in [0.2, 0.25) is 0 Å². The molecule has 1 aliphatic rings. The average Bonchev–Trinajstić information content (AvgIpc) is 2.71. The van der Waals surface area contributed by atoms with Crippen LogP contribution in [0.5, 0.6) is 0 Å². The Balaban J connectivity index is 1.65. The lowest BCUT2D eigenvalue weighted by molar-refractivity contribution is 0.0950. The molecule has 27 heavy (non-hydrogen) atoms. The SMILES string of the molecule is CNC(=O)N1CCC[C@H](c2cccc(C(=O)NCc3cccc(C)c3)c2)C1. The van der Waals surface area contributed by atoms with Crippen LogP contribution in [-0.2, 0) is 6.54 Å². The highest BCUT2D eigenvalue weighted by atomic mass is 16.2. The van der Waals surface area contributed by atoms with Crippen molar-refractivity contribution in [3.05, 3.63) is 70.8 Å². The molecule has 0 unspecified atom stereocenters. The van der Waals surface area contributed by atoms with E-state index in [0.29, 0.717) is 18.7 Å². The first kappa shape index (κ1) is 19.0. The molecular weight excluding hydrogens is 338 g/mol. The number of hydrogen-bond acceptors (Lipinski definition) is 2. The van der Waals surface area contributed by atoms with Gasteiger partial charge in [-0.05, 0) is 43.0 Å². The molecule has 1 heterocycles. The van der Waals surface area contributed by atoms with Gasteiger partial charge in [0.05, 0.1) is 0 Å². The molecule has 0 bridgehead atoms. The minimum absolute atomic E-state index is 0.0354. The van der Waals surface area contributed by atoms with E-state index in [9.17, 15) is 9.59 Å². The van der Waals surface area contributed by atoms with E-state index in [0.717, 1.165) is 30.5 Å². The maximum Gasteiger partial charge on any atom is 0.317 e. The third-order valence-electron chi connectivity index (χ3n) is 5.08. The zero-order chi connectivity index (χ0) is 19.2. The van der Waals surface area contributed by atoms with E-state index in [-0.39, 0.29) is 17.9 Å². The van der Waals surface area contributed by atoms with E-state index in [2.05, 4.69) is 22.8 Å². The van der Waals surface area contributed by atoms with Crippen molar-refractivity contribution in [2.75, 3.05) is 20.1 Å². The number of benzene rings is 2. The highest BCUT2D eigenvalue weighted by Crippen LogP contribution is 2.27. The van der Waals surface area contributed by atoms with Gasteiger partial charge in [-0.15, -0.1) is 0 Å². The van der Waals surface area contributed by atoms with Gasteiger partial charge < -0.3 is 15.5 Å². The van der Waals surface area contributed by atoms with Crippen LogP contribution in [0.1, 0.15) is 45.8 Å².